The van der Waals surface area contributed by atoms with Gasteiger partial charge in [0.15, 0.2) is 4.90 Å². The molecule has 0 aliphatic rings. The van der Waals surface area contributed by atoms with Crippen LogP contribution in [0.1, 0.15) is 5.56 Å². The van der Waals surface area contributed by atoms with Crippen LogP contribution >= 0.6 is 0 Å². The molecule has 0 fully saturated rings. The van der Waals surface area contributed by atoms with Gasteiger partial charge in [0.2, 0.25) is 0 Å². The van der Waals surface area contributed by atoms with Crippen molar-refractivity contribution >= 4 is 15.8 Å². The molecule has 0 unspecified atom stereocenters. The van der Waals surface area contributed by atoms with Gasteiger partial charge in [-0.2, -0.15) is 13.5 Å². The molecule has 0 heterocycles. The van der Waals surface area contributed by atoms with Crippen molar-refractivity contribution in [2.45, 2.75) is 11.8 Å². The summed E-state index contributed by atoms with van der Waals surface area (Å²) in [6.07, 6.45) is 0. The summed E-state index contributed by atoms with van der Waals surface area (Å²) in [5.74, 6) is -0.582. The zero-order chi connectivity index (χ0) is 10.9. The fraction of sp³-hybridized carbons (Fsp3) is 0.143. The van der Waals surface area contributed by atoms with Crippen molar-refractivity contribution in [3.05, 3.63) is 17.7 Å². The summed E-state index contributed by atoms with van der Waals surface area (Å²) in [5, 5.41) is 12.3. The van der Waals surface area contributed by atoms with Crippen LogP contribution in [0.5, 0.6) is 5.75 Å². The lowest BCUT2D eigenvalue weighted by Gasteiger charge is -2.05. The lowest BCUT2D eigenvalue weighted by Crippen LogP contribution is -1.99. The highest BCUT2D eigenvalue weighted by molar-refractivity contribution is 7.86. The second-order valence-corrected chi connectivity index (χ2v) is 4.02. The van der Waals surface area contributed by atoms with E-state index in [2.05, 4.69) is 5.11 Å². The van der Waals surface area contributed by atoms with E-state index in [9.17, 15) is 13.5 Å². The van der Waals surface area contributed by atoms with Crippen molar-refractivity contribution in [1.29, 1.82) is 5.53 Å². The minimum absolute atomic E-state index is 0.282. The van der Waals surface area contributed by atoms with E-state index in [1.807, 2.05) is 0 Å². The van der Waals surface area contributed by atoms with Gasteiger partial charge < -0.3 is 5.11 Å². The van der Waals surface area contributed by atoms with Gasteiger partial charge in [0.05, 0.1) is 0 Å². The quantitative estimate of drug-likeness (QED) is 0.515. The van der Waals surface area contributed by atoms with Gasteiger partial charge >= 0.3 is 0 Å². The minimum atomic E-state index is -4.56. The Morgan fingerprint density at radius 3 is 2.43 bits per heavy atom. The molecule has 0 radical (unpaired) electrons. The Bertz CT molecular complexity index is 481. The molecule has 0 saturated heterocycles. The molecule has 76 valence electrons. The third kappa shape index (κ3) is 1.73. The second kappa shape index (κ2) is 3.35. The van der Waals surface area contributed by atoms with Crippen molar-refractivity contribution in [3.63, 3.8) is 0 Å². The first-order valence-electron chi connectivity index (χ1n) is 3.55. The Kier molecular flexibility index (Phi) is 2.54. The van der Waals surface area contributed by atoms with E-state index in [0.717, 1.165) is 0 Å². The Labute approximate surface area is 80.5 Å². The number of benzene rings is 1. The molecule has 1 aromatic rings. The Hall–Kier alpha value is -1.47. The van der Waals surface area contributed by atoms with E-state index >= 15 is 0 Å². The van der Waals surface area contributed by atoms with Crippen molar-refractivity contribution in [1.82, 2.24) is 0 Å². The van der Waals surface area contributed by atoms with E-state index in [1.54, 1.807) is 0 Å². The molecular weight excluding hydrogens is 208 g/mol. The summed E-state index contributed by atoms with van der Waals surface area (Å²) in [6, 6.07) is 2.63. The highest BCUT2D eigenvalue weighted by Gasteiger charge is 2.21. The molecule has 14 heavy (non-hydrogen) atoms. The SMILES string of the molecule is Cc1ccc(N=N)c(S(=O)(=O)O)c1O. The standard InChI is InChI=1S/C7H8N2O4S/c1-4-2-3-5(9-8)7(6(4)10)14(11,12)13/h2-3,8,10H,1H3,(H,11,12,13). The molecule has 0 saturated carbocycles. The van der Waals surface area contributed by atoms with E-state index in [0.29, 0.717) is 0 Å². The number of nitrogens with one attached hydrogen (secondary N) is 1. The Morgan fingerprint density at radius 1 is 1.43 bits per heavy atom. The monoisotopic (exact) mass is 216 g/mol. The predicted molar refractivity (Wildman–Crippen MR) is 47.5 cm³/mol. The van der Waals surface area contributed by atoms with Crippen LogP contribution in [0.4, 0.5) is 5.69 Å². The highest BCUT2D eigenvalue weighted by atomic mass is 32.2. The summed E-state index contributed by atoms with van der Waals surface area (Å²) in [7, 11) is -4.56. The van der Waals surface area contributed by atoms with Gasteiger partial charge in [0, 0.05) is 0 Å². The fourth-order valence-corrected chi connectivity index (χ4v) is 1.78. The molecule has 0 aliphatic heterocycles. The first-order chi connectivity index (χ1) is 6.38. The zero-order valence-corrected chi connectivity index (χ0v) is 8.04. The lowest BCUT2D eigenvalue weighted by atomic mass is 10.2. The number of phenols is 1. The number of hydrogen-bond acceptors (Lipinski definition) is 5. The largest absolute Gasteiger partial charge is 0.506 e. The van der Waals surface area contributed by atoms with Crippen LogP contribution in [-0.4, -0.2) is 18.1 Å². The first kappa shape index (κ1) is 10.6. The molecule has 0 aromatic heterocycles. The normalized spacial score (nSPS) is 11.3. The van der Waals surface area contributed by atoms with Gasteiger partial charge in [-0.25, -0.2) is 5.53 Å². The molecule has 6 nitrogen and oxygen atoms in total. The minimum Gasteiger partial charge on any atom is -0.506 e. The molecule has 1 rings (SSSR count). The van der Waals surface area contributed by atoms with E-state index in [4.69, 9.17) is 10.1 Å². The van der Waals surface area contributed by atoms with Crippen molar-refractivity contribution in [3.8, 4) is 5.75 Å². The molecule has 0 aliphatic carbocycles. The van der Waals surface area contributed by atoms with Crippen LogP contribution in [0.25, 0.3) is 0 Å². The van der Waals surface area contributed by atoms with Crippen molar-refractivity contribution < 1.29 is 18.1 Å². The molecule has 0 amide bonds. The summed E-state index contributed by atoms with van der Waals surface area (Å²) in [4.78, 5) is -0.729. The van der Waals surface area contributed by atoms with Crippen LogP contribution in [-0.2, 0) is 10.1 Å². The van der Waals surface area contributed by atoms with E-state index < -0.39 is 20.8 Å². The number of nitrogens with zero attached hydrogens (tertiary/aromatic N) is 1. The second-order valence-electron chi connectivity index (χ2n) is 2.67. The molecular formula is C7H8N2O4S. The third-order valence-electron chi connectivity index (χ3n) is 1.69. The molecule has 7 heteroatoms. The smallest absolute Gasteiger partial charge is 0.300 e. The maximum absolute atomic E-state index is 10.8. The molecule has 0 atom stereocenters. The predicted octanol–water partition coefficient (Wildman–Crippen LogP) is 1.61. The van der Waals surface area contributed by atoms with Crippen LogP contribution in [0.2, 0.25) is 0 Å². The van der Waals surface area contributed by atoms with Gasteiger partial charge in [0.1, 0.15) is 11.4 Å². The van der Waals surface area contributed by atoms with Gasteiger partial charge in [-0.05, 0) is 18.6 Å². The third-order valence-corrected chi connectivity index (χ3v) is 2.61. The topological polar surface area (TPSA) is 111 Å². The Morgan fingerprint density at radius 2 is 2.00 bits per heavy atom. The van der Waals surface area contributed by atoms with Gasteiger partial charge in [-0.15, -0.1) is 0 Å². The van der Waals surface area contributed by atoms with E-state index in [1.165, 1.54) is 19.1 Å². The summed E-state index contributed by atoms with van der Waals surface area (Å²) in [5.41, 5.74) is 6.66. The van der Waals surface area contributed by atoms with Gasteiger partial charge in [0.25, 0.3) is 10.1 Å². The van der Waals surface area contributed by atoms with Crippen molar-refractivity contribution in [2.75, 3.05) is 0 Å². The number of rotatable bonds is 2. The van der Waals surface area contributed by atoms with Crippen molar-refractivity contribution in [2.24, 2.45) is 5.11 Å². The van der Waals surface area contributed by atoms with Gasteiger partial charge in [-0.3, -0.25) is 4.55 Å². The van der Waals surface area contributed by atoms with Gasteiger partial charge in [-0.1, -0.05) is 6.07 Å². The maximum Gasteiger partial charge on any atom is 0.300 e. The first-order valence-corrected chi connectivity index (χ1v) is 4.99. The Balaban J connectivity index is 3.69. The van der Waals surface area contributed by atoms with Crippen LogP contribution in [0.15, 0.2) is 22.1 Å². The van der Waals surface area contributed by atoms with Crippen LogP contribution in [0, 0.1) is 12.5 Å². The number of aryl methyl sites for hydroxylation is 1. The maximum atomic E-state index is 10.8. The van der Waals surface area contributed by atoms with Crippen LogP contribution in [0.3, 0.4) is 0 Å². The number of hydrogen-bond donors (Lipinski definition) is 3. The average molecular weight is 216 g/mol. The fourth-order valence-electron chi connectivity index (χ4n) is 1.00. The summed E-state index contributed by atoms with van der Waals surface area (Å²) < 4.78 is 30.5. The van der Waals surface area contributed by atoms with Crippen LogP contribution < -0.4 is 0 Å². The zero-order valence-electron chi connectivity index (χ0n) is 7.22. The number of aromatic hydroxyl groups is 1. The molecule has 0 spiro atoms. The molecule has 1 aromatic carbocycles. The molecule has 0 bridgehead atoms. The highest BCUT2D eigenvalue weighted by Crippen LogP contribution is 2.34. The van der Waals surface area contributed by atoms with E-state index in [-0.39, 0.29) is 11.3 Å². The lowest BCUT2D eigenvalue weighted by molar-refractivity contribution is 0.440. The summed E-state index contributed by atoms with van der Waals surface area (Å²) >= 11 is 0. The molecule has 3 N–H and O–H groups in total. The number of phenolic OH excluding ortho intramolecular Hbond substituents is 1. The average Bonchev–Trinajstić information content (AvgIpc) is 2.07. The summed E-state index contributed by atoms with van der Waals surface area (Å²) in [6.45, 7) is 1.47.